The lowest BCUT2D eigenvalue weighted by atomic mass is 10.0. The number of non-ortho nitro benzene ring substituents is 2. The molecule has 1 saturated carbocycles. The molecule has 28 heavy (non-hydrogen) atoms. The second-order valence-corrected chi connectivity index (χ2v) is 7.31. The highest BCUT2D eigenvalue weighted by atomic mass is 16.6. The van der Waals surface area contributed by atoms with E-state index in [0.717, 1.165) is 36.6 Å². The van der Waals surface area contributed by atoms with Gasteiger partial charge in [0, 0.05) is 24.7 Å². The maximum atomic E-state index is 13.0. The largest absolute Gasteiger partial charge is 0.331 e. The number of amides is 1. The predicted molar refractivity (Wildman–Crippen MR) is 103 cm³/mol. The van der Waals surface area contributed by atoms with Gasteiger partial charge in [-0.3, -0.25) is 25.0 Å². The zero-order valence-corrected chi connectivity index (χ0v) is 15.7. The molecule has 0 bridgehead atoms. The van der Waals surface area contributed by atoms with Crippen molar-refractivity contribution >= 4 is 17.3 Å². The quantitative estimate of drug-likeness (QED) is 0.519. The fourth-order valence-corrected chi connectivity index (χ4v) is 3.05. The molecule has 0 spiro atoms. The second kappa shape index (κ2) is 7.75. The molecule has 0 radical (unpaired) electrons. The molecule has 1 fully saturated rings. The third kappa shape index (κ3) is 4.33. The first-order valence-electron chi connectivity index (χ1n) is 9.10. The van der Waals surface area contributed by atoms with Crippen LogP contribution in [0.3, 0.4) is 0 Å². The van der Waals surface area contributed by atoms with Gasteiger partial charge in [0.15, 0.2) is 0 Å². The maximum Gasteiger partial charge on any atom is 0.277 e. The average molecular weight is 383 g/mol. The van der Waals surface area contributed by atoms with Gasteiger partial charge >= 0.3 is 0 Å². The molecular weight excluding hydrogens is 362 g/mol. The summed E-state index contributed by atoms with van der Waals surface area (Å²) in [6, 6.07) is 11.1. The summed E-state index contributed by atoms with van der Waals surface area (Å²) in [4.78, 5) is 35.4. The van der Waals surface area contributed by atoms with Gasteiger partial charge < -0.3 is 4.90 Å². The van der Waals surface area contributed by atoms with Crippen molar-refractivity contribution in [1.29, 1.82) is 0 Å². The fourth-order valence-electron chi connectivity index (χ4n) is 3.05. The summed E-state index contributed by atoms with van der Waals surface area (Å²) in [7, 11) is 0. The van der Waals surface area contributed by atoms with Crippen molar-refractivity contribution in [3.8, 4) is 0 Å². The minimum Gasteiger partial charge on any atom is -0.331 e. The van der Waals surface area contributed by atoms with Crippen LogP contribution in [0.1, 0.15) is 54.1 Å². The number of benzene rings is 2. The molecule has 0 heterocycles. The van der Waals surface area contributed by atoms with Gasteiger partial charge in [0.2, 0.25) is 0 Å². The Morgan fingerprint density at radius 2 is 1.57 bits per heavy atom. The third-order valence-electron chi connectivity index (χ3n) is 4.82. The fraction of sp³-hybridized carbons (Fsp3) is 0.350. The smallest absolute Gasteiger partial charge is 0.277 e. The first kappa shape index (κ1) is 19.5. The average Bonchev–Trinajstić information content (AvgIpc) is 3.50. The van der Waals surface area contributed by atoms with Crippen LogP contribution < -0.4 is 0 Å². The molecule has 8 heteroatoms. The Kier molecular flexibility index (Phi) is 5.39. The Hall–Kier alpha value is -3.29. The van der Waals surface area contributed by atoms with Crippen LogP contribution in [0.2, 0.25) is 0 Å². The summed E-state index contributed by atoms with van der Waals surface area (Å²) in [6.07, 6.45) is 1.71. The van der Waals surface area contributed by atoms with Gasteiger partial charge in [-0.15, -0.1) is 0 Å². The SMILES string of the molecule is CC(C)c1ccc(CN(C(=O)c2cc([N+](=O)[O-])cc([N+](=O)[O-])c2)C2CC2)cc1. The zero-order chi connectivity index (χ0) is 20.4. The normalized spacial score (nSPS) is 13.4. The van der Waals surface area contributed by atoms with Crippen LogP contribution >= 0.6 is 0 Å². The van der Waals surface area contributed by atoms with E-state index in [1.165, 1.54) is 5.56 Å². The third-order valence-corrected chi connectivity index (χ3v) is 4.82. The van der Waals surface area contributed by atoms with E-state index in [-0.39, 0.29) is 11.6 Å². The van der Waals surface area contributed by atoms with E-state index in [1.807, 2.05) is 24.3 Å². The Balaban J connectivity index is 1.89. The number of nitro benzene ring substituents is 2. The lowest BCUT2D eigenvalue weighted by Gasteiger charge is -2.23. The van der Waals surface area contributed by atoms with Crippen molar-refractivity contribution < 1.29 is 14.6 Å². The van der Waals surface area contributed by atoms with Crippen LogP contribution in [-0.4, -0.2) is 26.7 Å². The Bertz CT molecular complexity index is 888. The topological polar surface area (TPSA) is 107 Å². The minimum atomic E-state index is -0.726. The zero-order valence-electron chi connectivity index (χ0n) is 15.7. The number of carbonyl (C=O) groups is 1. The molecule has 0 unspecified atom stereocenters. The summed E-state index contributed by atoms with van der Waals surface area (Å²) in [5, 5.41) is 22.2. The van der Waals surface area contributed by atoms with Crippen molar-refractivity contribution in [2.24, 2.45) is 0 Å². The Morgan fingerprint density at radius 3 is 2.00 bits per heavy atom. The van der Waals surface area contributed by atoms with Crippen LogP contribution in [0.25, 0.3) is 0 Å². The molecule has 2 aromatic rings. The molecule has 3 rings (SSSR count). The van der Waals surface area contributed by atoms with Crippen LogP contribution in [0.5, 0.6) is 0 Å². The minimum absolute atomic E-state index is 0.0356. The highest BCUT2D eigenvalue weighted by molar-refractivity contribution is 5.96. The van der Waals surface area contributed by atoms with Crippen molar-refractivity contribution in [2.75, 3.05) is 0 Å². The van der Waals surface area contributed by atoms with Crippen molar-refractivity contribution in [2.45, 2.75) is 45.2 Å². The van der Waals surface area contributed by atoms with E-state index in [4.69, 9.17) is 0 Å². The maximum absolute atomic E-state index is 13.0. The van der Waals surface area contributed by atoms with E-state index >= 15 is 0 Å². The van der Waals surface area contributed by atoms with Gasteiger partial charge in [-0.25, -0.2) is 0 Å². The van der Waals surface area contributed by atoms with E-state index in [0.29, 0.717) is 12.5 Å². The van der Waals surface area contributed by atoms with Crippen LogP contribution in [0, 0.1) is 20.2 Å². The number of hydrogen-bond acceptors (Lipinski definition) is 5. The van der Waals surface area contributed by atoms with Gasteiger partial charge in [0.05, 0.1) is 21.5 Å². The van der Waals surface area contributed by atoms with E-state index in [9.17, 15) is 25.0 Å². The monoisotopic (exact) mass is 383 g/mol. The lowest BCUT2D eigenvalue weighted by molar-refractivity contribution is -0.394. The number of carbonyl (C=O) groups excluding carboxylic acids is 1. The van der Waals surface area contributed by atoms with E-state index < -0.39 is 27.1 Å². The van der Waals surface area contributed by atoms with Gasteiger partial charge in [-0.2, -0.15) is 0 Å². The Morgan fingerprint density at radius 1 is 1.04 bits per heavy atom. The summed E-state index contributed by atoms with van der Waals surface area (Å²) in [5.41, 5.74) is 1.18. The summed E-state index contributed by atoms with van der Waals surface area (Å²) >= 11 is 0. The molecule has 0 aliphatic heterocycles. The molecule has 2 aromatic carbocycles. The molecule has 1 aliphatic carbocycles. The highest BCUT2D eigenvalue weighted by Gasteiger charge is 2.34. The number of nitrogens with zero attached hydrogens (tertiary/aromatic N) is 3. The van der Waals surface area contributed by atoms with Crippen LogP contribution in [0.15, 0.2) is 42.5 Å². The molecule has 0 aromatic heterocycles. The number of rotatable bonds is 7. The molecule has 8 nitrogen and oxygen atoms in total. The van der Waals surface area contributed by atoms with Gasteiger partial charge in [0.1, 0.15) is 0 Å². The number of hydrogen-bond donors (Lipinski definition) is 0. The molecule has 1 aliphatic rings. The lowest BCUT2D eigenvalue weighted by Crippen LogP contribution is -2.32. The first-order valence-corrected chi connectivity index (χ1v) is 9.10. The van der Waals surface area contributed by atoms with Crippen molar-refractivity contribution in [1.82, 2.24) is 4.90 Å². The summed E-state index contributed by atoms with van der Waals surface area (Å²) in [5.74, 6) is -0.0251. The highest BCUT2D eigenvalue weighted by Crippen LogP contribution is 2.32. The number of nitro groups is 2. The second-order valence-electron chi connectivity index (χ2n) is 7.31. The van der Waals surface area contributed by atoms with Gasteiger partial charge in [0.25, 0.3) is 17.3 Å². The molecule has 0 saturated heterocycles. The molecule has 146 valence electrons. The first-order chi connectivity index (χ1) is 13.3. The van der Waals surface area contributed by atoms with Crippen molar-refractivity contribution in [3.05, 3.63) is 79.4 Å². The Labute approximate surface area is 162 Å². The standard InChI is InChI=1S/C20H21N3O5/c1-13(2)15-5-3-14(4-6-15)12-21(17-7-8-17)20(24)16-9-18(22(25)26)11-19(10-16)23(27)28/h3-6,9-11,13,17H,7-8,12H2,1-2H3. The van der Waals surface area contributed by atoms with Gasteiger partial charge in [-0.1, -0.05) is 38.1 Å². The van der Waals surface area contributed by atoms with E-state index in [1.54, 1.807) is 4.90 Å². The summed E-state index contributed by atoms with van der Waals surface area (Å²) < 4.78 is 0. The molecule has 0 N–H and O–H groups in total. The van der Waals surface area contributed by atoms with E-state index in [2.05, 4.69) is 13.8 Å². The summed E-state index contributed by atoms with van der Waals surface area (Å²) in [6.45, 7) is 4.56. The predicted octanol–water partition coefficient (Wildman–Crippen LogP) is 4.43. The van der Waals surface area contributed by atoms with Crippen molar-refractivity contribution in [3.63, 3.8) is 0 Å². The van der Waals surface area contributed by atoms with Crippen LogP contribution in [0.4, 0.5) is 11.4 Å². The molecular formula is C20H21N3O5. The van der Waals surface area contributed by atoms with Crippen LogP contribution in [-0.2, 0) is 6.54 Å². The van der Waals surface area contributed by atoms with Gasteiger partial charge in [-0.05, 0) is 29.9 Å². The molecule has 1 amide bonds. The molecule has 0 atom stereocenters.